The molecule has 2 aromatic rings. The van der Waals surface area contributed by atoms with Crippen LogP contribution in [0.15, 0.2) is 42.5 Å². The minimum atomic E-state index is 0.183. The van der Waals surface area contributed by atoms with E-state index in [0.717, 1.165) is 31.9 Å². The van der Waals surface area contributed by atoms with Crippen LogP contribution >= 0.6 is 16.1 Å². The van der Waals surface area contributed by atoms with Crippen LogP contribution in [-0.2, 0) is 0 Å². The smallest absolute Gasteiger partial charge is 0.121 e. The number of anilines is 3. The Hall–Kier alpha value is -1.56. The number of nitrogens with zero attached hydrogens (tertiary/aromatic N) is 2. The van der Waals surface area contributed by atoms with Gasteiger partial charge in [0.05, 0.1) is 27.5 Å². The lowest BCUT2D eigenvalue weighted by Crippen LogP contribution is -2.48. The summed E-state index contributed by atoms with van der Waals surface area (Å²) in [4.78, 5) is 2.54. The molecule has 23 heavy (non-hydrogen) atoms. The zero-order valence-corrected chi connectivity index (χ0v) is 14.8. The lowest BCUT2D eigenvalue weighted by atomic mass is 10.1. The minimum Gasteiger partial charge on any atom is -0.353 e. The molecule has 120 valence electrons. The topological polar surface area (TPSA) is 30.5 Å². The standard InChI is InChI=1S/C18H21BrN4/c1-13-6-7-15-14(12-13)18(22-10-8-20-9-11-22)23(19)17-5-3-2-4-16(17)21-15/h2-7,12,18,20-21H,8-11H2,1H3. The molecule has 0 radical (unpaired) electrons. The maximum Gasteiger partial charge on any atom is 0.121 e. The number of hydrogen-bond donors (Lipinski definition) is 2. The maximum absolute atomic E-state index is 3.86. The van der Waals surface area contributed by atoms with E-state index < -0.39 is 0 Å². The van der Waals surface area contributed by atoms with Crippen LogP contribution in [0.2, 0.25) is 0 Å². The van der Waals surface area contributed by atoms with Gasteiger partial charge in [-0.3, -0.25) is 8.83 Å². The monoisotopic (exact) mass is 372 g/mol. The number of para-hydroxylation sites is 2. The molecular weight excluding hydrogens is 352 g/mol. The number of rotatable bonds is 1. The third kappa shape index (κ3) is 2.73. The summed E-state index contributed by atoms with van der Waals surface area (Å²) in [5.41, 5.74) is 6.10. The van der Waals surface area contributed by atoms with Crippen molar-refractivity contribution >= 4 is 33.2 Å². The molecule has 1 fully saturated rings. The molecule has 2 N–H and O–H groups in total. The average molecular weight is 373 g/mol. The van der Waals surface area contributed by atoms with E-state index in [1.165, 1.54) is 22.5 Å². The summed E-state index contributed by atoms with van der Waals surface area (Å²) in [7, 11) is 0. The van der Waals surface area contributed by atoms with Crippen LogP contribution in [0.5, 0.6) is 0 Å². The summed E-state index contributed by atoms with van der Waals surface area (Å²) in [6, 6.07) is 15.1. The number of aryl methyl sites for hydroxylation is 1. The molecule has 0 bridgehead atoms. The predicted molar refractivity (Wildman–Crippen MR) is 99.5 cm³/mol. The van der Waals surface area contributed by atoms with Crippen molar-refractivity contribution in [3.05, 3.63) is 53.6 Å². The van der Waals surface area contributed by atoms with E-state index in [1.54, 1.807) is 0 Å². The van der Waals surface area contributed by atoms with E-state index in [4.69, 9.17) is 0 Å². The first-order valence-corrected chi connectivity index (χ1v) is 8.81. The molecular formula is C18H21BrN4. The van der Waals surface area contributed by atoms with Crippen molar-refractivity contribution in [3.63, 3.8) is 0 Å². The number of nitrogens with one attached hydrogen (secondary N) is 2. The number of halogens is 1. The normalized spacial score (nSPS) is 21.1. The van der Waals surface area contributed by atoms with E-state index in [2.05, 4.69) is 85.0 Å². The molecule has 0 aromatic heterocycles. The number of benzene rings is 2. The van der Waals surface area contributed by atoms with Crippen LogP contribution < -0.4 is 14.6 Å². The Morgan fingerprint density at radius 1 is 1.04 bits per heavy atom. The molecule has 2 aliphatic heterocycles. The van der Waals surface area contributed by atoms with E-state index in [9.17, 15) is 0 Å². The zero-order chi connectivity index (χ0) is 15.8. The number of piperazine rings is 1. The molecule has 5 heteroatoms. The first-order valence-electron chi connectivity index (χ1n) is 8.10. The van der Waals surface area contributed by atoms with Crippen LogP contribution in [0.4, 0.5) is 17.1 Å². The van der Waals surface area contributed by atoms with Crippen molar-refractivity contribution in [3.8, 4) is 0 Å². The highest BCUT2D eigenvalue weighted by Gasteiger charge is 2.32. The number of fused-ring (bicyclic) bond motifs is 2. The molecule has 0 aliphatic carbocycles. The molecule has 0 saturated carbocycles. The van der Waals surface area contributed by atoms with Crippen molar-refractivity contribution in [1.82, 2.24) is 10.2 Å². The van der Waals surface area contributed by atoms with Gasteiger partial charge in [-0.2, -0.15) is 0 Å². The lowest BCUT2D eigenvalue weighted by Gasteiger charge is -2.39. The fourth-order valence-electron chi connectivity index (χ4n) is 3.44. The Kier molecular flexibility index (Phi) is 4.01. The van der Waals surface area contributed by atoms with Crippen molar-refractivity contribution in [2.75, 3.05) is 35.4 Å². The van der Waals surface area contributed by atoms with Gasteiger partial charge in [0.2, 0.25) is 0 Å². The van der Waals surface area contributed by atoms with Gasteiger partial charge in [0.25, 0.3) is 0 Å². The van der Waals surface area contributed by atoms with Crippen LogP contribution in [0.3, 0.4) is 0 Å². The van der Waals surface area contributed by atoms with Gasteiger partial charge < -0.3 is 10.6 Å². The van der Waals surface area contributed by atoms with Crippen LogP contribution in [0, 0.1) is 6.92 Å². The molecule has 0 amide bonds. The summed E-state index contributed by atoms with van der Waals surface area (Å²) in [5.74, 6) is 0. The summed E-state index contributed by atoms with van der Waals surface area (Å²) < 4.78 is 2.23. The molecule has 2 heterocycles. The van der Waals surface area contributed by atoms with Gasteiger partial charge >= 0.3 is 0 Å². The fraction of sp³-hybridized carbons (Fsp3) is 0.333. The highest BCUT2D eigenvalue weighted by Crippen LogP contribution is 2.44. The average Bonchev–Trinajstić information content (AvgIpc) is 2.70. The highest BCUT2D eigenvalue weighted by atomic mass is 79.9. The first-order chi connectivity index (χ1) is 11.2. The summed E-state index contributed by atoms with van der Waals surface area (Å²) >= 11 is 3.86. The maximum atomic E-state index is 3.86. The SMILES string of the molecule is Cc1ccc2c(c1)C(N1CCNCC1)N(Br)c1ccccc1N2. The molecule has 2 aromatic carbocycles. The third-order valence-electron chi connectivity index (χ3n) is 4.60. The van der Waals surface area contributed by atoms with E-state index in [0.29, 0.717) is 0 Å². The molecule has 0 spiro atoms. The molecule has 1 saturated heterocycles. The van der Waals surface area contributed by atoms with Crippen LogP contribution in [0.25, 0.3) is 0 Å². The van der Waals surface area contributed by atoms with E-state index >= 15 is 0 Å². The largest absolute Gasteiger partial charge is 0.353 e. The van der Waals surface area contributed by atoms with E-state index in [1.807, 2.05) is 0 Å². The Balaban J connectivity index is 1.86. The van der Waals surface area contributed by atoms with Crippen LogP contribution in [-0.4, -0.2) is 31.1 Å². The van der Waals surface area contributed by atoms with Crippen molar-refractivity contribution in [1.29, 1.82) is 0 Å². The van der Waals surface area contributed by atoms with Crippen molar-refractivity contribution < 1.29 is 0 Å². The molecule has 1 atom stereocenters. The van der Waals surface area contributed by atoms with Crippen molar-refractivity contribution in [2.45, 2.75) is 13.1 Å². The highest BCUT2D eigenvalue weighted by molar-refractivity contribution is 9.10. The summed E-state index contributed by atoms with van der Waals surface area (Å²) in [5, 5.41) is 7.06. The Bertz CT molecular complexity index is 712. The summed E-state index contributed by atoms with van der Waals surface area (Å²) in [6.07, 6.45) is 0.183. The first kappa shape index (κ1) is 15.0. The molecule has 4 rings (SSSR count). The molecule has 4 nitrogen and oxygen atoms in total. The van der Waals surface area contributed by atoms with Gasteiger partial charge in [-0.25, -0.2) is 0 Å². The summed E-state index contributed by atoms with van der Waals surface area (Å²) in [6.45, 7) is 6.32. The van der Waals surface area contributed by atoms with Crippen molar-refractivity contribution in [2.24, 2.45) is 0 Å². The van der Waals surface area contributed by atoms with Gasteiger partial charge in [0.15, 0.2) is 0 Å². The van der Waals surface area contributed by atoms with Gasteiger partial charge in [-0.1, -0.05) is 29.8 Å². The lowest BCUT2D eigenvalue weighted by molar-refractivity contribution is 0.183. The third-order valence-corrected chi connectivity index (χ3v) is 5.37. The van der Waals surface area contributed by atoms with Gasteiger partial charge in [-0.15, -0.1) is 0 Å². The molecule has 2 aliphatic rings. The molecule has 1 unspecified atom stereocenters. The van der Waals surface area contributed by atoms with Gasteiger partial charge in [0, 0.05) is 37.4 Å². The second kappa shape index (κ2) is 6.15. The Morgan fingerprint density at radius 3 is 2.65 bits per heavy atom. The Morgan fingerprint density at radius 2 is 1.83 bits per heavy atom. The number of hydrogen-bond acceptors (Lipinski definition) is 4. The second-order valence-electron chi connectivity index (χ2n) is 6.20. The fourth-order valence-corrected chi connectivity index (χ4v) is 4.23. The Labute approximate surface area is 145 Å². The van der Waals surface area contributed by atoms with Gasteiger partial charge in [-0.05, 0) is 25.1 Å². The van der Waals surface area contributed by atoms with Crippen LogP contribution in [0.1, 0.15) is 17.3 Å². The zero-order valence-electron chi connectivity index (χ0n) is 13.2. The predicted octanol–water partition coefficient (Wildman–Crippen LogP) is 3.77. The second-order valence-corrected chi connectivity index (χ2v) is 6.97. The quantitative estimate of drug-likeness (QED) is 0.745. The van der Waals surface area contributed by atoms with E-state index in [-0.39, 0.29) is 6.17 Å². The van der Waals surface area contributed by atoms with Gasteiger partial charge in [0.1, 0.15) is 6.17 Å². The minimum absolute atomic E-state index is 0.183.